The maximum atomic E-state index is 12.4. The first kappa shape index (κ1) is 14.9. The minimum Gasteiger partial charge on any atom is -0.454 e. The van der Waals surface area contributed by atoms with Crippen LogP contribution in [0.2, 0.25) is 0 Å². The zero-order valence-corrected chi connectivity index (χ0v) is 11.2. The lowest BCUT2D eigenvalue weighted by Crippen LogP contribution is -2.32. The van der Waals surface area contributed by atoms with Crippen molar-refractivity contribution in [3.63, 3.8) is 0 Å². The molecule has 0 aromatic heterocycles. The molecule has 0 saturated carbocycles. The van der Waals surface area contributed by atoms with Crippen molar-refractivity contribution in [3.8, 4) is 11.5 Å². The van der Waals surface area contributed by atoms with Crippen molar-refractivity contribution >= 4 is 0 Å². The standard InChI is InChI=1S/C13H16F3NO3/c1-8(13(14,15)16)18-6-10(17-2)9-3-4-11-12(5-9)20-7-19-11/h3-5,8,10,17H,6-7H2,1-2H3. The van der Waals surface area contributed by atoms with E-state index in [1.807, 2.05) is 0 Å². The fourth-order valence-corrected chi connectivity index (χ4v) is 1.81. The van der Waals surface area contributed by atoms with Gasteiger partial charge < -0.3 is 19.5 Å². The second kappa shape index (κ2) is 5.88. The molecule has 2 rings (SSSR count). The van der Waals surface area contributed by atoms with Crippen LogP contribution in [0.1, 0.15) is 18.5 Å². The highest BCUT2D eigenvalue weighted by Crippen LogP contribution is 2.34. The SMILES string of the molecule is CNC(COC(C)C(F)(F)F)c1ccc2c(c1)OCO2. The number of alkyl halides is 3. The van der Waals surface area contributed by atoms with E-state index in [1.165, 1.54) is 0 Å². The van der Waals surface area contributed by atoms with Crippen LogP contribution in [0.15, 0.2) is 18.2 Å². The van der Waals surface area contributed by atoms with E-state index in [-0.39, 0.29) is 19.4 Å². The Kier molecular flexibility index (Phi) is 4.39. The van der Waals surface area contributed by atoms with Crippen LogP contribution in [0.25, 0.3) is 0 Å². The maximum absolute atomic E-state index is 12.4. The lowest BCUT2D eigenvalue weighted by molar-refractivity contribution is -0.215. The summed E-state index contributed by atoms with van der Waals surface area (Å²) in [6.45, 7) is 1.06. The normalized spacial score (nSPS) is 17.1. The summed E-state index contributed by atoms with van der Waals surface area (Å²) < 4.78 is 52.5. The van der Waals surface area contributed by atoms with E-state index in [1.54, 1.807) is 25.2 Å². The minimum absolute atomic E-state index is 0.0865. The monoisotopic (exact) mass is 291 g/mol. The highest BCUT2D eigenvalue weighted by Gasteiger charge is 2.37. The number of likely N-dealkylation sites (N-methyl/N-ethyl adjacent to an activating group) is 1. The summed E-state index contributed by atoms with van der Waals surface area (Å²) in [5, 5.41) is 2.93. The van der Waals surface area contributed by atoms with E-state index in [0.717, 1.165) is 12.5 Å². The smallest absolute Gasteiger partial charge is 0.414 e. The van der Waals surface area contributed by atoms with Crippen LogP contribution in [0.3, 0.4) is 0 Å². The van der Waals surface area contributed by atoms with Gasteiger partial charge in [0, 0.05) is 0 Å². The molecule has 20 heavy (non-hydrogen) atoms. The fraction of sp³-hybridized carbons (Fsp3) is 0.538. The third kappa shape index (κ3) is 3.34. The van der Waals surface area contributed by atoms with Crippen LogP contribution in [-0.2, 0) is 4.74 Å². The van der Waals surface area contributed by atoms with Crippen molar-refractivity contribution in [1.82, 2.24) is 5.32 Å². The van der Waals surface area contributed by atoms with E-state index in [0.29, 0.717) is 11.5 Å². The van der Waals surface area contributed by atoms with Gasteiger partial charge in [-0.1, -0.05) is 6.07 Å². The number of rotatable bonds is 5. The Morgan fingerprint density at radius 2 is 2.00 bits per heavy atom. The number of halogens is 3. The molecule has 1 aliphatic heterocycles. The minimum atomic E-state index is -4.35. The predicted octanol–water partition coefficient (Wildman–Crippen LogP) is 2.64. The molecule has 2 atom stereocenters. The van der Waals surface area contributed by atoms with Gasteiger partial charge in [-0.05, 0) is 31.7 Å². The predicted molar refractivity (Wildman–Crippen MR) is 65.8 cm³/mol. The van der Waals surface area contributed by atoms with Gasteiger partial charge in [0.05, 0.1) is 12.6 Å². The highest BCUT2D eigenvalue weighted by atomic mass is 19.4. The van der Waals surface area contributed by atoms with Crippen molar-refractivity contribution in [2.75, 3.05) is 20.4 Å². The molecule has 1 aliphatic rings. The highest BCUT2D eigenvalue weighted by molar-refractivity contribution is 5.45. The first-order valence-corrected chi connectivity index (χ1v) is 6.17. The molecule has 7 heteroatoms. The van der Waals surface area contributed by atoms with Gasteiger partial charge in [0.2, 0.25) is 6.79 Å². The molecule has 2 unspecified atom stereocenters. The average Bonchev–Trinajstić information content (AvgIpc) is 2.85. The molecule has 0 radical (unpaired) electrons. The Bertz CT molecular complexity index is 465. The van der Waals surface area contributed by atoms with Crippen molar-refractivity contribution in [1.29, 1.82) is 0 Å². The average molecular weight is 291 g/mol. The molecule has 0 saturated heterocycles. The first-order valence-electron chi connectivity index (χ1n) is 6.17. The van der Waals surface area contributed by atoms with E-state index in [4.69, 9.17) is 14.2 Å². The summed E-state index contributed by atoms with van der Waals surface area (Å²) in [5.41, 5.74) is 0.783. The summed E-state index contributed by atoms with van der Waals surface area (Å²) in [6, 6.07) is 4.89. The molecule has 1 aromatic carbocycles. The van der Waals surface area contributed by atoms with Crippen LogP contribution in [-0.4, -0.2) is 32.7 Å². The van der Waals surface area contributed by atoms with Gasteiger partial charge in [0.25, 0.3) is 0 Å². The number of hydrogen-bond donors (Lipinski definition) is 1. The third-order valence-corrected chi connectivity index (χ3v) is 3.12. The lowest BCUT2D eigenvalue weighted by Gasteiger charge is -2.21. The second-order valence-electron chi connectivity index (χ2n) is 4.47. The molecule has 1 N–H and O–H groups in total. The van der Waals surface area contributed by atoms with Gasteiger partial charge in [-0.25, -0.2) is 0 Å². The molecular formula is C13H16F3NO3. The molecule has 0 fully saturated rings. The summed E-state index contributed by atoms with van der Waals surface area (Å²) in [5.74, 6) is 1.22. The Hall–Kier alpha value is -1.47. The van der Waals surface area contributed by atoms with Crippen LogP contribution in [0.4, 0.5) is 13.2 Å². The van der Waals surface area contributed by atoms with E-state index in [2.05, 4.69) is 5.32 Å². The Morgan fingerprint density at radius 1 is 1.30 bits per heavy atom. The molecule has 4 nitrogen and oxygen atoms in total. The molecular weight excluding hydrogens is 275 g/mol. The van der Waals surface area contributed by atoms with E-state index in [9.17, 15) is 13.2 Å². The van der Waals surface area contributed by atoms with Crippen molar-refractivity contribution in [3.05, 3.63) is 23.8 Å². The number of fused-ring (bicyclic) bond motifs is 1. The van der Waals surface area contributed by atoms with Gasteiger partial charge in [-0.3, -0.25) is 0 Å². The van der Waals surface area contributed by atoms with Gasteiger partial charge in [-0.15, -0.1) is 0 Å². The molecule has 0 bridgehead atoms. The summed E-state index contributed by atoms with van der Waals surface area (Å²) >= 11 is 0. The topological polar surface area (TPSA) is 39.7 Å². The van der Waals surface area contributed by atoms with Crippen LogP contribution in [0.5, 0.6) is 11.5 Å². The van der Waals surface area contributed by atoms with Crippen molar-refractivity contribution < 1.29 is 27.4 Å². The second-order valence-corrected chi connectivity index (χ2v) is 4.47. The fourth-order valence-electron chi connectivity index (χ4n) is 1.81. The molecule has 0 amide bonds. The molecule has 0 aliphatic carbocycles. The quantitative estimate of drug-likeness (QED) is 0.905. The molecule has 112 valence electrons. The third-order valence-electron chi connectivity index (χ3n) is 3.12. The van der Waals surface area contributed by atoms with E-state index >= 15 is 0 Å². The van der Waals surface area contributed by atoms with Crippen LogP contribution < -0.4 is 14.8 Å². The number of ether oxygens (including phenoxy) is 3. The van der Waals surface area contributed by atoms with Gasteiger partial charge >= 0.3 is 6.18 Å². The van der Waals surface area contributed by atoms with Gasteiger partial charge in [0.1, 0.15) is 0 Å². The van der Waals surface area contributed by atoms with Crippen LogP contribution in [0, 0.1) is 0 Å². The Labute approximate surface area is 114 Å². The van der Waals surface area contributed by atoms with Gasteiger partial charge in [0.15, 0.2) is 17.6 Å². The largest absolute Gasteiger partial charge is 0.454 e. The lowest BCUT2D eigenvalue weighted by atomic mass is 10.1. The first-order chi connectivity index (χ1) is 9.41. The van der Waals surface area contributed by atoms with E-state index < -0.39 is 12.3 Å². The number of nitrogens with one attached hydrogen (secondary N) is 1. The zero-order chi connectivity index (χ0) is 14.8. The summed E-state index contributed by atoms with van der Waals surface area (Å²) in [6.07, 6.45) is -6.15. The maximum Gasteiger partial charge on any atom is 0.414 e. The van der Waals surface area contributed by atoms with Crippen LogP contribution >= 0.6 is 0 Å². The zero-order valence-electron chi connectivity index (χ0n) is 11.2. The van der Waals surface area contributed by atoms with Crippen molar-refractivity contribution in [2.45, 2.75) is 25.2 Å². The number of hydrogen-bond acceptors (Lipinski definition) is 4. The summed E-state index contributed by atoms with van der Waals surface area (Å²) in [4.78, 5) is 0. The molecule has 0 spiro atoms. The number of benzene rings is 1. The Balaban J connectivity index is 2.01. The molecule has 1 heterocycles. The van der Waals surface area contributed by atoms with Crippen molar-refractivity contribution in [2.24, 2.45) is 0 Å². The van der Waals surface area contributed by atoms with Gasteiger partial charge in [-0.2, -0.15) is 13.2 Å². The Morgan fingerprint density at radius 3 is 2.65 bits per heavy atom. The molecule has 1 aromatic rings. The summed E-state index contributed by atoms with van der Waals surface area (Å²) in [7, 11) is 1.66.